The predicted molar refractivity (Wildman–Crippen MR) is 117 cm³/mol. The average molecular weight is 444 g/mol. The zero-order chi connectivity index (χ0) is 21.5. The van der Waals surface area contributed by atoms with Gasteiger partial charge in [0.05, 0.1) is 6.04 Å². The van der Waals surface area contributed by atoms with Crippen molar-refractivity contribution in [2.45, 2.75) is 45.7 Å². The third-order valence-corrected chi connectivity index (χ3v) is 6.25. The molecular formula is C21H26ClN7O2. The standard InChI is InChI=1S/C21H26ClN7O2/c1-12(2)29-21(30-17-6-4-5-16(22)9-17)25-19(26-29)24-18-14-7-8-15(18)11-28(10-14)20-23-13(3)27-31-20/h4-6,9,12,14-15,18H,7-8,10-11H2,1-3H3,(H,24,26). The summed E-state index contributed by atoms with van der Waals surface area (Å²) in [4.78, 5) is 11.2. The van der Waals surface area contributed by atoms with Gasteiger partial charge in [0.25, 0.3) is 0 Å². The maximum Gasteiger partial charge on any atom is 0.324 e. The summed E-state index contributed by atoms with van der Waals surface area (Å²) in [5.74, 6) is 2.83. The highest BCUT2D eigenvalue weighted by Gasteiger charge is 2.43. The van der Waals surface area contributed by atoms with Crippen molar-refractivity contribution in [3.05, 3.63) is 35.1 Å². The fraction of sp³-hybridized carbons (Fsp3) is 0.524. The van der Waals surface area contributed by atoms with E-state index in [1.165, 1.54) is 0 Å². The van der Waals surface area contributed by atoms with E-state index < -0.39 is 0 Å². The van der Waals surface area contributed by atoms with Crippen molar-refractivity contribution >= 4 is 23.6 Å². The lowest BCUT2D eigenvalue weighted by Gasteiger charge is -2.37. The molecule has 164 valence electrons. The number of anilines is 2. The molecule has 2 aliphatic rings. The van der Waals surface area contributed by atoms with Gasteiger partial charge in [-0.25, -0.2) is 4.68 Å². The normalized spacial score (nSPS) is 22.9. The molecule has 2 fully saturated rings. The average Bonchev–Trinajstić information content (AvgIpc) is 3.39. The van der Waals surface area contributed by atoms with E-state index in [9.17, 15) is 0 Å². The largest absolute Gasteiger partial charge is 0.424 e. The van der Waals surface area contributed by atoms with Crippen LogP contribution in [0.5, 0.6) is 11.8 Å². The molecule has 1 aliphatic heterocycles. The van der Waals surface area contributed by atoms with Crippen LogP contribution < -0.4 is 15.0 Å². The van der Waals surface area contributed by atoms with Crippen LogP contribution in [0.15, 0.2) is 28.8 Å². The summed E-state index contributed by atoms with van der Waals surface area (Å²) < 4.78 is 13.2. The number of piperidine rings is 1. The second kappa shape index (κ2) is 8.03. The van der Waals surface area contributed by atoms with E-state index in [-0.39, 0.29) is 6.04 Å². The van der Waals surface area contributed by atoms with Crippen LogP contribution in [0.1, 0.15) is 38.6 Å². The molecule has 2 aromatic heterocycles. The summed E-state index contributed by atoms with van der Waals surface area (Å²) >= 11 is 6.09. The quantitative estimate of drug-likeness (QED) is 0.601. The number of ether oxygens (including phenoxy) is 1. The van der Waals surface area contributed by atoms with Gasteiger partial charge in [0.2, 0.25) is 5.95 Å². The fourth-order valence-corrected chi connectivity index (χ4v) is 4.77. The lowest BCUT2D eigenvalue weighted by atomic mass is 9.92. The Morgan fingerprint density at radius 3 is 2.61 bits per heavy atom. The number of aromatic nitrogens is 5. The smallest absolute Gasteiger partial charge is 0.324 e. The van der Waals surface area contributed by atoms with E-state index in [0.717, 1.165) is 25.9 Å². The minimum atomic E-state index is 0.108. The zero-order valence-electron chi connectivity index (χ0n) is 17.8. The molecule has 0 amide bonds. The third kappa shape index (κ3) is 4.06. The third-order valence-electron chi connectivity index (χ3n) is 6.01. The van der Waals surface area contributed by atoms with E-state index in [2.05, 4.69) is 44.3 Å². The molecule has 3 aromatic rings. The Labute approximate surface area is 185 Å². The first-order valence-electron chi connectivity index (χ1n) is 10.7. The van der Waals surface area contributed by atoms with Crippen LogP contribution in [0.2, 0.25) is 5.02 Å². The van der Waals surface area contributed by atoms with Gasteiger partial charge < -0.3 is 19.5 Å². The summed E-state index contributed by atoms with van der Waals surface area (Å²) in [6.07, 6.45) is 2.31. The predicted octanol–water partition coefficient (Wildman–Crippen LogP) is 4.32. The Morgan fingerprint density at radius 1 is 1.19 bits per heavy atom. The Bertz CT molecular complexity index is 1050. The summed E-state index contributed by atoms with van der Waals surface area (Å²) in [6, 6.07) is 8.77. The molecule has 2 bridgehead atoms. The molecule has 2 unspecified atom stereocenters. The number of nitrogens with zero attached hydrogens (tertiary/aromatic N) is 6. The molecule has 1 saturated heterocycles. The van der Waals surface area contributed by atoms with Gasteiger partial charge in [0, 0.05) is 24.2 Å². The summed E-state index contributed by atoms with van der Waals surface area (Å²) in [5, 5.41) is 12.8. The van der Waals surface area contributed by atoms with Crippen molar-refractivity contribution in [2.75, 3.05) is 23.3 Å². The second-order valence-corrected chi connectivity index (χ2v) is 9.05. The minimum absolute atomic E-state index is 0.108. The number of hydrogen-bond donors (Lipinski definition) is 1. The Balaban J connectivity index is 1.32. The number of rotatable bonds is 6. The molecule has 2 atom stereocenters. The highest BCUT2D eigenvalue weighted by atomic mass is 35.5. The molecule has 3 heterocycles. The maximum absolute atomic E-state index is 6.09. The van der Waals surface area contributed by atoms with Crippen LogP contribution >= 0.6 is 11.6 Å². The summed E-state index contributed by atoms with van der Waals surface area (Å²) in [6.45, 7) is 7.71. The van der Waals surface area contributed by atoms with E-state index in [1.807, 2.05) is 25.1 Å². The molecule has 1 saturated carbocycles. The molecule has 31 heavy (non-hydrogen) atoms. The van der Waals surface area contributed by atoms with Crippen molar-refractivity contribution in [1.29, 1.82) is 0 Å². The van der Waals surface area contributed by atoms with E-state index in [0.29, 0.717) is 52.4 Å². The number of halogens is 1. The van der Waals surface area contributed by atoms with E-state index in [1.54, 1.807) is 10.7 Å². The minimum Gasteiger partial charge on any atom is -0.424 e. The van der Waals surface area contributed by atoms with Gasteiger partial charge in [-0.3, -0.25) is 0 Å². The summed E-state index contributed by atoms with van der Waals surface area (Å²) in [7, 11) is 0. The lowest BCUT2D eigenvalue weighted by molar-refractivity contribution is 0.340. The van der Waals surface area contributed by atoms with Crippen LogP contribution in [0, 0.1) is 18.8 Å². The van der Waals surface area contributed by atoms with Gasteiger partial charge >= 0.3 is 12.0 Å². The number of benzene rings is 1. The van der Waals surface area contributed by atoms with Gasteiger partial charge in [0.1, 0.15) is 5.75 Å². The molecule has 5 rings (SSSR count). The maximum atomic E-state index is 6.09. The molecule has 0 spiro atoms. The molecule has 1 aliphatic carbocycles. The molecule has 1 N–H and O–H groups in total. The zero-order valence-corrected chi connectivity index (χ0v) is 18.6. The van der Waals surface area contributed by atoms with Gasteiger partial charge in [-0.15, -0.1) is 5.10 Å². The van der Waals surface area contributed by atoms with Crippen molar-refractivity contribution < 1.29 is 9.26 Å². The van der Waals surface area contributed by atoms with E-state index >= 15 is 0 Å². The monoisotopic (exact) mass is 443 g/mol. The molecular weight excluding hydrogens is 418 g/mol. The Kier molecular flexibility index (Phi) is 5.21. The van der Waals surface area contributed by atoms with Crippen molar-refractivity contribution in [3.63, 3.8) is 0 Å². The van der Waals surface area contributed by atoms with Crippen LogP contribution in [-0.4, -0.2) is 44.0 Å². The van der Waals surface area contributed by atoms with Crippen LogP contribution in [0.3, 0.4) is 0 Å². The molecule has 0 radical (unpaired) electrons. The first-order valence-corrected chi connectivity index (χ1v) is 11.1. The summed E-state index contributed by atoms with van der Waals surface area (Å²) in [5.41, 5.74) is 0. The molecule has 1 aromatic carbocycles. The number of hydrogen-bond acceptors (Lipinski definition) is 8. The number of nitrogens with one attached hydrogen (secondary N) is 1. The number of aryl methyl sites for hydroxylation is 1. The van der Waals surface area contributed by atoms with Gasteiger partial charge in [-0.05, 0) is 63.6 Å². The van der Waals surface area contributed by atoms with Crippen LogP contribution in [0.4, 0.5) is 12.0 Å². The molecule has 9 nitrogen and oxygen atoms in total. The van der Waals surface area contributed by atoms with Crippen molar-refractivity contribution in [2.24, 2.45) is 11.8 Å². The van der Waals surface area contributed by atoms with Gasteiger partial charge in [-0.2, -0.15) is 9.97 Å². The first kappa shape index (κ1) is 20.1. The molecule has 10 heteroatoms. The van der Waals surface area contributed by atoms with Crippen molar-refractivity contribution in [1.82, 2.24) is 24.9 Å². The highest BCUT2D eigenvalue weighted by Crippen LogP contribution is 2.40. The Hall–Kier alpha value is -2.81. The topological polar surface area (TPSA) is 94.1 Å². The van der Waals surface area contributed by atoms with Crippen LogP contribution in [0.25, 0.3) is 0 Å². The van der Waals surface area contributed by atoms with E-state index in [4.69, 9.17) is 20.9 Å². The second-order valence-electron chi connectivity index (χ2n) is 8.61. The lowest BCUT2D eigenvalue weighted by Crippen LogP contribution is -2.48. The van der Waals surface area contributed by atoms with Crippen molar-refractivity contribution in [3.8, 4) is 11.8 Å². The Morgan fingerprint density at radius 2 is 1.97 bits per heavy atom. The fourth-order valence-electron chi connectivity index (χ4n) is 4.59. The van der Waals surface area contributed by atoms with Gasteiger partial charge in [-0.1, -0.05) is 22.8 Å². The SMILES string of the molecule is Cc1noc(N2CC3CCC(C2)C3Nc2nc(Oc3cccc(Cl)c3)n(C(C)C)n2)n1. The number of fused-ring (bicyclic) bond motifs is 2. The van der Waals surface area contributed by atoms with Crippen LogP contribution in [-0.2, 0) is 0 Å². The highest BCUT2D eigenvalue weighted by molar-refractivity contribution is 6.30. The van der Waals surface area contributed by atoms with Gasteiger partial charge in [0.15, 0.2) is 5.82 Å². The first-order chi connectivity index (χ1) is 15.0.